The molecule has 1 unspecified atom stereocenters. The number of hydrogen-bond acceptors (Lipinski definition) is 4. The second-order valence-electron chi connectivity index (χ2n) is 7.29. The van der Waals surface area contributed by atoms with Crippen LogP contribution in [0.25, 0.3) is 11.0 Å². The molecule has 1 atom stereocenters. The van der Waals surface area contributed by atoms with Crippen molar-refractivity contribution in [3.8, 4) is 0 Å². The Labute approximate surface area is 186 Å². The Morgan fingerprint density at radius 3 is 2.61 bits per heavy atom. The minimum absolute atomic E-state index is 0.155. The Morgan fingerprint density at radius 2 is 1.74 bits per heavy atom. The number of halogens is 1. The fourth-order valence-electron chi connectivity index (χ4n) is 3.91. The number of para-hydroxylation sites is 1. The smallest absolute Gasteiger partial charge is 0.255 e. The van der Waals surface area contributed by atoms with E-state index in [1.165, 1.54) is 0 Å². The molecule has 2 heterocycles. The average molecular weight is 476 g/mol. The Balaban J connectivity index is 1.43. The molecule has 0 saturated carbocycles. The molecule has 1 N–H and O–H groups in total. The van der Waals surface area contributed by atoms with Crippen LogP contribution < -0.4 is 5.32 Å². The first-order valence-electron chi connectivity index (χ1n) is 9.83. The summed E-state index contributed by atoms with van der Waals surface area (Å²) in [4.78, 5) is 28.0. The van der Waals surface area contributed by atoms with Gasteiger partial charge in [0, 0.05) is 16.6 Å². The van der Waals surface area contributed by atoms with Gasteiger partial charge in [0.15, 0.2) is 0 Å². The van der Waals surface area contributed by atoms with Gasteiger partial charge in [0.25, 0.3) is 5.91 Å². The van der Waals surface area contributed by atoms with E-state index in [4.69, 9.17) is 0 Å². The molecule has 31 heavy (non-hydrogen) atoms. The van der Waals surface area contributed by atoms with E-state index in [0.29, 0.717) is 17.7 Å². The van der Waals surface area contributed by atoms with Crippen molar-refractivity contribution >= 4 is 38.8 Å². The van der Waals surface area contributed by atoms with Gasteiger partial charge in [-0.25, -0.2) is 4.68 Å². The number of fused-ring (bicyclic) bond motifs is 2. The SMILES string of the molecule is O=C(NCn1nnc2ccccc21)C1c2ccccc2C(=O)N1Cc1ccccc1Br. The second kappa shape index (κ2) is 7.96. The minimum atomic E-state index is -0.717. The minimum Gasteiger partial charge on any atom is -0.335 e. The summed E-state index contributed by atoms with van der Waals surface area (Å²) in [6.45, 7) is 0.481. The zero-order chi connectivity index (χ0) is 21.4. The number of nitrogens with one attached hydrogen (secondary N) is 1. The lowest BCUT2D eigenvalue weighted by Crippen LogP contribution is -2.39. The van der Waals surface area contributed by atoms with E-state index in [2.05, 4.69) is 31.6 Å². The summed E-state index contributed by atoms with van der Waals surface area (Å²) in [7, 11) is 0. The summed E-state index contributed by atoms with van der Waals surface area (Å²) in [5.74, 6) is -0.414. The van der Waals surface area contributed by atoms with Gasteiger partial charge in [0.2, 0.25) is 5.91 Å². The molecule has 0 bridgehead atoms. The topological polar surface area (TPSA) is 80.1 Å². The fraction of sp³-hybridized carbons (Fsp3) is 0.130. The zero-order valence-electron chi connectivity index (χ0n) is 16.4. The van der Waals surface area contributed by atoms with E-state index >= 15 is 0 Å². The Morgan fingerprint density at radius 1 is 1.00 bits per heavy atom. The molecule has 4 aromatic rings. The molecule has 0 radical (unpaired) electrons. The highest BCUT2D eigenvalue weighted by Gasteiger charge is 2.40. The van der Waals surface area contributed by atoms with Gasteiger partial charge < -0.3 is 10.2 Å². The first kappa shape index (κ1) is 19.4. The molecule has 1 aliphatic heterocycles. The van der Waals surface area contributed by atoms with E-state index in [9.17, 15) is 9.59 Å². The predicted molar refractivity (Wildman–Crippen MR) is 119 cm³/mol. The largest absolute Gasteiger partial charge is 0.335 e. The standard InChI is InChI=1S/C23H18BrN5O2/c24-18-10-4-1-7-15(18)13-28-21(16-8-2-3-9-17(16)23(28)31)22(30)25-14-29-20-12-6-5-11-19(20)26-27-29/h1-12,21H,13-14H2,(H,25,30). The molecule has 0 aliphatic carbocycles. The van der Waals surface area contributed by atoms with Crippen molar-refractivity contribution in [2.24, 2.45) is 0 Å². The maximum Gasteiger partial charge on any atom is 0.255 e. The summed E-state index contributed by atoms with van der Waals surface area (Å²) >= 11 is 3.54. The molecule has 0 fully saturated rings. The number of hydrogen-bond donors (Lipinski definition) is 1. The third kappa shape index (κ3) is 3.48. The molecular weight excluding hydrogens is 458 g/mol. The molecule has 154 valence electrons. The molecular formula is C23H18BrN5O2. The third-order valence-electron chi connectivity index (χ3n) is 5.43. The first-order valence-corrected chi connectivity index (χ1v) is 10.6. The van der Waals surface area contributed by atoms with Gasteiger partial charge in [-0.3, -0.25) is 9.59 Å². The zero-order valence-corrected chi connectivity index (χ0v) is 18.0. The Hall–Kier alpha value is -3.52. The average Bonchev–Trinajstić information content (AvgIpc) is 3.33. The number of rotatable bonds is 5. The molecule has 1 aromatic heterocycles. The van der Waals surface area contributed by atoms with Gasteiger partial charge in [0.1, 0.15) is 18.2 Å². The van der Waals surface area contributed by atoms with Crippen LogP contribution in [0.4, 0.5) is 0 Å². The van der Waals surface area contributed by atoms with Crippen LogP contribution in [0, 0.1) is 0 Å². The summed E-state index contributed by atoms with van der Waals surface area (Å²) in [5, 5.41) is 11.2. The number of nitrogens with zero attached hydrogens (tertiary/aromatic N) is 4. The van der Waals surface area contributed by atoms with E-state index < -0.39 is 6.04 Å². The highest BCUT2D eigenvalue weighted by atomic mass is 79.9. The van der Waals surface area contributed by atoms with Crippen LogP contribution in [0.5, 0.6) is 0 Å². The van der Waals surface area contributed by atoms with Crippen LogP contribution in [0.3, 0.4) is 0 Å². The van der Waals surface area contributed by atoms with Crippen molar-refractivity contribution in [1.82, 2.24) is 25.2 Å². The fourth-order valence-corrected chi connectivity index (χ4v) is 4.32. The van der Waals surface area contributed by atoms with Crippen LogP contribution in [-0.4, -0.2) is 31.7 Å². The van der Waals surface area contributed by atoms with Gasteiger partial charge in [-0.2, -0.15) is 0 Å². The van der Waals surface area contributed by atoms with E-state index in [1.807, 2.05) is 66.7 Å². The van der Waals surface area contributed by atoms with Crippen LogP contribution in [0.1, 0.15) is 27.5 Å². The van der Waals surface area contributed by atoms with Crippen molar-refractivity contribution < 1.29 is 9.59 Å². The van der Waals surface area contributed by atoms with Crippen LogP contribution in [0.2, 0.25) is 0 Å². The van der Waals surface area contributed by atoms with E-state index in [-0.39, 0.29) is 18.5 Å². The van der Waals surface area contributed by atoms with Crippen molar-refractivity contribution in [3.63, 3.8) is 0 Å². The normalized spacial score (nSPS) is 15.3. The van der Waals surface area contributed by atoms with Gasteiger partial charge in [-0.15, -0.1) is 5.10 Å². The summed E-state index contributed by atoms with van der Waals surface area (Å²) in [5.41, 5.74) is 3.79. The molecule has 8 heteroatoms. The van der Waals surface area contributed by atoms with Gasteiger partial charge >= 0.3 is 0 Å². The molecule has 3 aromatic carbocycles. The monoisotopic (exact) mass is 475 g/mol. The lowest BCUT2D eigenvalue weighted by Gasteiger charge is -2.25. The quantitative estimate of drug-likeness (QED) is 0.477. The number of benzene rings is 3. The number of carbonyl (C=O) groups is 2. The number of amides is 2. The van der Waals surface area contributed by atoms with Gasteiger partial charge in [-0.1, -0.05) is 69.7 Å². The van der Waals surface area contributed by atoms with E-state index in [1.54, 1.807) is 15.6 Å². The lowest BCUT2D eigenvalue weighted by molar-refractivity contribution is -0.126. The number of carbonyl (C=O) groups excluding carboxylic acids is 2. The van der Waals surface area contributed by atoms with Crippen molar-refractivity contribution in [1.29, 1.82) is 0 Å². The Kier molecular flexibility index (Phi) is 4.99. The summed E-state index contributed by atoms with van der Waals surface area (Å²) in [6.07, 6.45) is 0. The Bertz CT molecular complexity index is 1300. The lowest BCUT2D eigenvalue weighted by atomic mass is 10.0. The molecule has 1 aliphatic rings. The van der Waals surface area contributed by atoms with E-state index in [0.717, 1.165) is 21.1 Å². The van der Waals surface area contributed by atoms with Crippen LogP contribution in [-0.2, 0) is 18.0 Å². The first-order chi connectivity index (χ1) is 15.1. The van der Waals surface area contributed by atoms with Crippen molar-refractivity contribution in [3.05, 3.63) is 94.0 Å². The van der Waals surface area contributed by atoms with Crippen molar-refractivity contribution in [2.45, 2.75) is 19.3 Å². The predicted octanol–water partition coefficient (Wildman–Crippen LogP) is 3.66. The number of aromatic nitrogens is 3. The highest BCUT2D eigenvalue weighted by Crippen LogP contribution is 2.35. The maximum atomic E-state index is 13.3. The molecule has 0 saturated heterocycles. The van der Waals surface area contributed by atoms with Crippen molar-refractivity contribution in [2.75, 3.05) is 0 Å². The molecule has 2 amide bonds. The molecule has 0 spiro atoms. The van der Waals surface area contributed by atoms with Crippen LogP contribution >= 0.6 is 15.9 Å². The summed E-state index contributed by atoms with van der Waals surface area (Å²) < 4.78 is 2.53. The maximum absolute atomic E-state index is 13.3. The molecule has 7 nitrogen and oxygen atoms in total. The second-order valence-corrected chi connectivity index (χ2v) is 8.15. The van der Waals surface area contributed by atoms with Crippen LogP contribution in [0.15, 0.2) is 77.3 Å². The third-order valence-corrected chi connectivity index (χ3v) is 6.20. The molecule has 5 rings (SSSR count). The summed E-state index contributed by atoms with van der Waals surface area (Å²) in [6, 6.07) is 21.8. The van der Waals surface area contributed by atoms with Gasteiger partial charge in [0.05, 0.1) is 5.52 Å². The highest BCUT2D eigenvalue weighted by molar-refractivity contribution is 9.10. The van der Waals surface area contributed by atoms with Gasteiger partial charge in [-0.05, 0) is 35.4 Å².